The second-order valence-electron chi connectivity index (χ2n) is 6.60. The molecule has 1 saturated carbocycles. The topological polar surface area (TPSA) is 35.5 Å². The van der Waals surface area contributed by atoms with Crippen molar-refractivity contribution in [3.05, 3.63) is 42.0 Å². The molecule has 2 aromatic rings. The molecular weight excluding hydrogens is 288 g/mol. The molecule has 23 heavy (non-hydrogen) atoms. The number of ether oxygens (including phenoxy) is 2. The maximum atomic E-state index is 11.4. The molecule has 0 bridgehead atoms. The van der Waals surface area contributed by atoms with Crippen molar-refractivity contribution >= 4 is 16.7 Å². The molecule has 0 radical (unpaired) electrons. The molecule has 1 aliphatic carbocycles. The molecule has 0 spiro atoms. The van der Waals surface area contributed by atoms with Crippen molar-refractivity contribution in [1.29, 1.82) is 0 Å². The molecule has 3 nitrogen and oxygen atoms in total. The zero-order valence-corrected chi connectivity index (χ0v) is 13.9. The maximum absolute atomic E-state index is 11.4. The van der Waals surface area contributed by atoms with Gasteiger partial charge in [0.1, 0.15) is 5.75 Å². The molecule has 122 valence electrons. The van der Waals surface area contributed by atoms with Gasteiger partial charge in [-0.1, -0.05) is 31.2 Å². The number of benzene rings is 2. The van der Waals surface area contributed by atoms with Crippen LogP contribution >= 0.6 is 0 Å². The Balaban J connectivity index is 1.72. The van der Waals surface area contributed by atoms with E-state index in [1.165, 1.54) is 20.0 Å². The molecule has 0 saturated heterocycles. The molecular formula is C20H24O3. The third-order valence-electron chi connectivity index (χ3n) is 4.72. The molecule has 0 aromatic heterocycles. The van der Waals surface area contributed by atoms with E-state index in [4.69, 9.17) is 9.47 Å². The molecule has 1 fully saturated rings. The van der Waals surface area contributed by atoms with E-state index in [9.17, 15) is 4.79 Å². The number of carbonyl (C=O) groups is 1. The van der Waals surface area contributed by atoms with E-state index in [0.29, 0.717) is 12.5 Å². The SMILES string of the molecule is COC(=O)Cc1ccc2cc(O[C@H]3CC[C@@H](C)CC3)ccc2c1. The lowest BCUT2D eigenvalue weighted by molar-refractivity contribution is -0.139. The van der Waals surface area contributed by atoms with Gasteiger partial charge in [0, 0.05) is 0 Å². The van der Waals surface area contributed by atoms with Gasteiger partial charge >= 0.3 is 5.97 Å². The van der Waals surface area contributed by atoms with E-state index in [-0.39, 0.29) is 5.97 Å². The summed E-state index contributed by atoms with van der Waals surface area (Å²) in [6.07, 6.45) is 5.48. The van der Waals surface area contributed by atoms with E-state index in [2.05, 4.69) is 19.1 Å². The number of rotatable bonds is 4. The van der Waals surface area contributed by atoms with Crippen LogP contribution in [0, 0.1) is 5.92 Å². The first kappa shape index (κ1) is 15.9. The fourth-order valence-electron chi connectivity index (χ4n) is 3.24. The number of methoxy groups -OCH3 is 1. The smallest absolute Gasteiger partial charge is 0.309 e. The van der Waals surface area contributed by atoms with Crippen molar-refractivity contribution in [1.82, 2.24) is 0 Å². The zero-order valence-electron chi connectivity index (χ0n) is 13.9. The lowest BCUT2D eigenvalue weighted by Gasteiger charge is -2.27. The van der Waals surface area contributed by atoms with Gasteiger partial charge in [0.25, 0.3) is 0 Å². The van der Waals surface area contributed by atoms with Crippen molar-refractivity contribution in [2.45, 2.75) is 45.1 Å². The van der Waals surface area contributed by atoms with Crippen LogP contribution in [-0.4, -0.2) is 19.2 Å². The fourth-order valence-corrected chi connectivity index (χ4v) is 3.24. The fraction of sp³-hybridized carbons (Fsp3) is 0.450. The lowest BCUT2D eigenvalue weighted by Crippen LogP contribution is -2.22. The van der Waals surface area contributed by atoms with Crippen LogP contribution in [0.3, 0.4) is 0 Å². The molecule has 3 rings (SSSR count). The van der Waals surface area contributed by atoms with Crippen molar-refractivity contribution in [3.8, 4) is 5.75 Å². The Morgan fingerprint density at radius 1 is 1.04 bits per heavy atom. The van der Waals surface area contributed by atoms with Gasteiger partial charge < -0.3 is 9.47 Å². The van der Waals surface area contributed by atoms with Crippen LogP contribution in [-0.2, 0) is 16.0 Å². The first-order valence-corrected chi connectivity index (χ1v) is 8.40. The summed E-state index contributed by atoms with van der Waals surface area (Å²) in [5.41, 5.74) is 0.972. The molecule has 0 atom stereocenters. The molecule has 0 aliphatic heterocycles. The minimum Gasteiger partial charge on any atom is -0.490 e. The molecule has 2 aromatic carbocycles. The Hall–Kier alpha value is -2.03. The highest BCUT2D eigenvalue weighted by atomic mass is 16.5. The van der Waals surface area contributed by atoms with Gasteiger partial charge in [-0.2, -0.15) is 0 Å². The average molecular weight is 312 g/mol. The Bertz CT molecular complexity index is 684. The number of hydrogen-bond acceptors (Lipinski definition) is 3. The minimum absolute atomic E-state index is 0.212. The third kappa shape index (κ3) is 4.04. The number of esters is 1. The van der Waals surface area contributed by atoms with Crippen molar-refractivity contribution in [2.24, 2.45) is 5.92 Å². The molecule has 0 unspecified atom stereocenters. The Morgan fingerprint density at radius 3 is 2.48 bits per heavy atom. The first-order valence-electron chi connectivity index (χ1n) is 8.40. The highest BCUT2D eigenvalue weighted by molar-refractivity contribution is 5.85. The number of fused-ring (bicyclic) bond motifs is 1. The average Bonchev–Trinajstić information content (AvgIpc) is 2.57. The summed E-state index contributed by atoms with van der Waals surface area (Å²) in [5, 5.41) is 2.26. The van der Waals surface area contributed by atoms with Gasteiger partial charge in [-0.05, 0) is 60.1 Å². The predicted octanol–water partition coefficient (Wildman–Crippen LogP) is 4.51. The second kappa shape index (κ2) is 7.03. The summed E-state index contributed by atoms with van der Waals surface area (Å²) in [5.74, 6) is 1.56. The van der Waals surface area contributed by atoms with Crippen molar-refractivity contribution in [2.75, 3.05) is 7.11 Å². The molecule has 0 heterocycles. The largest absolute Gasteiger partial charge is 0.490 e. The van der Waals surface area contributed by atoms with Crippen LogP contribution in [0.1, 0.15) is 38.2 Å². The van der Waals surface area contributed by atoms with Gasteiger partial charge in [-0.25, -0.2) is 0 Å². The predicted molar refractivity (Wildman–Crippen MR) is 91.7 cm³/mol. The van der Waals surface area contributed by atoms with E-state index in [1.54, 1.807) is 0 Å². The normalized spacial score (nSPS) is 21.1. The van der Waals surface area contributed by atoms with Crippen LogP contribution in [0.4, 0.5) is 0 Å². The summed E-state index contributed by atoms with van der Waals surface area (Å²) < 4.78 is 10.9. The molecule has 0 N–H and O–H groups in total. The number of hydrogen-bond donors (Lipinski definition) is 0. The summed E-state index contributed by atoms with van der Waals surface area (Å²) in [6.45, 7) is 2.32. The van der Waals surface area contributed by atoms with Crippen LogP contribution in [0.25, 0.3) is 10.8 Å². The molecule has 3 heteroatoms. The molecule has 1 aliphatic rings. The van der Waals surface area contributed by atoms with Crippen LogP contribution in [0.15, 0.2) is 36.4 Å². The Morgan fingerprint density at radius 2 is 1.74 bits per heavy atom. The van der Waals surface area contributed by atoms with E-state index in [1.807, 2.05) is 24.3 Å². The maximum Gasteiger partial charge on any atom is 0.309 e. The van der Waals surface area contributed by atoms with E-state index in [0.717, 1.165) is 40.8 Å². The Kier molecular flexibility index (Phi) is 4.85. The second-order valence-corrected chi connectivity index (χ2v) is 6.60. The first-order chi connectivity index (χ1) is 11.1. The summed E-state index contributed by atoms with van der Waals surface area (Å²) in [6, 6.07) is 12.3. The Labute approximate surface area is 137 Å². The monoisotopic (exact) mass is 312 g/mol. The van der Waals surface area contributed by atoms with E-state index < -0.39 is 0 Å². The quantitative estimate of drug-likeness (QED) is 0.779. The lowest BCUT2D eigenvalue weighted by atomic mass is 9.89. The van der Waals surface area contributed by atoms with Crippen molar-refractivity contribution in [3.63, 3.8) is 0 Å². The van der Waals surface area contributed by atoms with Gasteiger partial charge in [-0.3, -0.25) is 4.79 Å². The third-order valence-corrected chi connectivity index (χ3v) is 4.72. The van der Waals surface area contributed by atoms with Gasteiger partial charge in [0.15, 0.2) is 0 Å². The van der Waals surface area contributed by atoms with Crippen molar-refractivity contribution < 1.29 is 14.3 Å². The van der Waals surface area contributed by atoms with Gasteiger partial charge in [0.2, 0.25) is 0 Å². The zero-order chi connectivity index (χ0) is 16.2. The number of carbonyl (C=O) groups excluding carboxylic acids is 1. The van der Waals surface area contributed by atoms with Crippen LogP contribution in [0.2, 0.25) is 0 Å². The summed E-state index contributed by atoms with van der Waals surface area (Å²) >= 11 is 0. The minimum atomic E-state index is -0.212. The van der Waals surface area contributed by atoms with Gasteiger partial charge in [0.05, 0.1) is 19.6 Å². The van der Waals surface area contributed by atoms with Crippen LogP contribution < -0.4 is 4.74 Å². The molecule has 0 amide bonds. The highest BCUT2D eigenvalue weighted by Gasteiger charge is 2.19. The van der Waals surface area contributed by atoms with Gasteiger partial charge in [-0.15, -0.1) is 0 Å². The standard InChI is InChI=1S/C20H24O3/c1-14-3-8-18(9-4-14)23-19-10-7-16-11-15(12-20(21)22-2)5-6-17(16)13-19/h5-7,10-11,13-14,18H,3-4,8-9,12H2,1-2H3/t14-,18+. The highest BCUT2D eigenvalue weighted by Crippen LogP contribution is 2.29. The summed E-state index contributed by atoms with van der Waals surface area (Å²) in [4.78, 5) is 11.4. The summed E-state index contributed by atoms with van der Waals surface area (Å²) in [7, 11) is 1.42. The van der Waals surface area contributed by atoms with Crippen LogP contribution in [0.5, 0.6) is 5.75 Å². The van der Waals surface area contributed by atoms with E-state index >= 15 is 0 Å².